The number of halogens is 3. The first kappa shape index (κ1) is 27.1. The van der Waals surface area contributed by atoms with Crippen molar-refractivity contribution in [2.45, 2.75) is 63.7 Å². The summed E-state index contributed by atoms with van der Waals surface area (Å²) in [5, 5.41) is 10.3. The van der Waals surface area contributed by atoms with E-state index in [1.165, 1.54) is 23.1 Å². The molecule has 35 heavy (non-hydrogen) atoms. The summed E-state index contributed by atoms with van der Waals surface area (Å²) in [5.74, 6) is -3.81. The molecule has 0 bridgehead atoms. The molecule has 3 rings (SSSR count). The molecule has 0 radical (unpaired) electrons. The van der Waals surface area contributed by atoms with E-state index in [4.69, 9.17) is 9.47 Å². The molecule has 0 aliphatic carbocycles. The maximum absolute atomic E-state index is 14.8. The highest BCUT2D eigenvalue weighted by atomic mass is 79.9. The van der Waals surface area contributed by atoms with E-state index in [2.05, 4.69) is 15.9 Å². The van der Waals surface area contributed by atoms with Gasteiger partial charge in [-0.05, 0) is 62.9 Å². The van der Waals surface area contributed by atoms with Gasteiger partial charge < -0.3 is 19.5 Å². The Hall–Kier alpha value is -2.52. The average Bonchev–Trinajstić information content (AvgIpc) is 2.81. The Morgan fingerprint density at radius 2 is 1.97 bits per heavy atom. The number of carbonyl (C=O) groups excluding carboxylic acids is 2. The largest absolute Gasteiger partial charge is 0.459 e. The third kappa shape index (κ3) is 7.24. The number of amides is 1. The van der Waals surface area contributed by atoms with Gasteiger partial charge in [0.05, 0.1) is 18.3 Å². The van der Waals surface area contributed by atoms with Crippen LogP contribution in [0.15, 0.2) is 53.0 Å². The predicted octanol–water partition coefficient (Wildman–Crippen LogP) is 5.70. The molecule has 0 aromatic heterocycles. The predicted molar refractivity (Wildman–Crippen MR) is 130 cm³/mol. The van der Waals surface area contributed by atoms with Crippen LogP contribution in [0.3, 0.4) is 0 Å². The summed E-state index contributed by atoms with van der Waals surface area (Å²) < 4.78 is 40.4. The first-order chi connectivity index (χ1) is 16.6. The number of hydrogen-bond donors (Lipinski definition) is 1. The first-order valence-electron chi connectivity index (χ1n) is 11.6. The number of alkyl halides is 2. The van der Waals surface area contributed by atoms with Crippen molar-refractivity contribution in [2.75, 3.05) is 13.2 Å². The van der Waals surface area contributed by atoms with E-state index in [9.17, 15) is 23.5 Å². The minimum absolute atomic E-state index is 0.166. The van der Waals surface area contributed by atoms with Gasteiger partial charge in [-0.3, -0.25) is 0 Å². The van der Waals surface area contributed by atoms with Gasteiger partial charge in [0.2, 0.25) is 0 Å². The molecule has 1 N–H and O–H groups in total. The van der Waals surface area contributed by atoms with Gasteiger partial charge in [0.25, 0.3) is 5.92 Å². The molecular weight excluding hydrogens is 524 g/mol. The van der Waals surface area contributed by atoms with E-state index in [1.54, 1.807) is 44.2 Å². The van der Waals surface area contributed by atoms with Crippen molar-refractivity contribution < 1.29 is 33.0 Å². The lowest BCUT2D eigenvalue weighted by Crippen LogP contribution is -2.47. The van der Waals surface area contributed by atoms with Crippen LogP contribution in [0, 0.1) is 0 Å². The van der Waals surface area contributed by atoms with Gasteiger partial charge in [0.15, 0.2) is 0 Å². The summed E-state index contributed by atoms with van der Waals surface area (Å²) in [6, 6.07) is 12.3. The summed E-state index contributed by atoms with van der Waals surface area (Å²) >= 11 is 3.18. The van der Waals surface area contributed by atoms with E-state index in [0.717, 1.165) is 5.56 Å². The van der Waals surface area contributed by atoms with Gasteiger partial charge in [-0.1, -0.05) is 40.2 Å². The zero-order valence-electron chi connectivity index (χ0n) is 19.8. The zero-order valence-corrected chi connectivity index (χ0v) is 21.3. The third-order valence-electron chi connectivity index (χ3n) is 5.93. The van der Waals surface area contributed by atoms with E-state index in [-0.39, 0.29) is 37.2 Å². The monoisotopic (exact) mass is 553 g/mol. The number of aliphatic hydroxyl groups is 1. The van der Waals surface area contributed by atoms with Crippen molar-refractivity contribution in [1.29, 1.82) is 0 Å². The average molecular weight is 554 g/mol. The number of esters is 1. The van der Waals surface area contributed by atoms with Crippen LogP contribution in [-0.4, -0.2) is 53.5 Å². The van der Waals surface area contributed by atoms with Crippen LogP contribution in [0.2, 0.25) is 0 Å². The van der Waals surface area contributed by atoms with E-state index < -0.39 is 24.1 Å². The van der Waals surface area contributed by atoms with Crippen LogP contribution >= 0.6 is 15.9 Å². The Labute approximate surface area is 212 Å². The number of cyclic esters (lactones) is 1. The Morgan fingerprint density at radius 1 is 1.26 bits per heavy atom. The fourth-order valence-electron chi connectivity index (χ4n) is 4.00. The molecule has 1 heterocycles. The van der Waals surface area contributed by atoms with E-state index in [1.807, 2.05) is 0 Å². The smallest absolute Gasteiger partial charge is 0.410 e. The van der Waals surface area contributed by atoms with Crippen molar-refractivity contribution in [2.24, 2.45) is 0 Å². The summed E-state index contributed by atoms with van der Waals surface area (Å²) in [5.41, 5.74) is 1.09. The van der Waals surface area contributed by atoms with Gasteiger partial charge in [0.1, 0.15) is 6.10 Å². The zero-order chi connectivity index (χ0) is 25.6. The number of aliphatic hydroxyl groups excluding tert-OH is 1. The molecule has 1 aliphatic rings. The molecule has 2 atom stereocenters. The molecule has 1 aliphatic heterocycles. The summed E-state index contributed by atoms with van der Waals surface area (Å²) in [6.07, 6.45) is -1.53. The molecule has 2 aromatic rings. The lowest BCUT2D eigenvalue weighted by atomic mass is 9.96. The lowest BCUT2D eigenvalue weighted by Gasteiger charge is -2.36. The second kappa shape index (κ2) is 11.9. The second-order valence-electron chi connectivity index (χ2n) is 8.88. The molecule has 1 amide bonds. The fourth-order valence-corrected chi connectivity index (χ4v) is 4.40. The molecule has 9 heteroatoms. The number of ether oxygens (including phenoxy) is 2. The molecule has 190 valence electrons. The highest BCUT2D eigenvalue weighted by Crippen LogP contribution is 2.35. The van der Waals surface area contributed by atoms with Crippen LogP contribution in [-0.2, 0) is 21.8 Å². The van der Waals surface area contributed by atoms with Gasteiger partial charge in [-0.15, -0.1) is 0 Å². The van der Waals surface area contributed by atoms with Crippen molar-refractivity contribution in [3.05, 3.63) is 69.7 Å². The summed E-state index contributed by atoms with van der Waals surface area (Å²) in [6.45, 7) is 4.10. The minimum Gasteiger partial charge on any atom is -0.459 e. The Balaban J connectivity index is 1.59. The highest BCUT2D eigenvalue weighted by Gasteiger charge is 2.41. The topological polar surface area (TPSA) is 76.1 Å². The van der Waals surface area contributed by atoms with Crippen LogP contribution < -0.4 is 0 Å². The molecule has 1 saturated heterocycles. The first-order valence-corrected chi connectivity index (χ1v) is 12.4. The molecular formula is C26H30BrF2NO5. The molecule has 1 fully saturated rings. The van der Waals surface area contributed by atoms with Crippen LogP contribution in [0.1, 0.15) is 54.6 Å². The second-order valence-corrected chi connectivity index (χ2v) is 9.79. The van der Waals surface area contributed by atoms with Crippen LogP contribution in [0.25, 0.3) is 0 Å². The normalized spacial score (nSPS) is 17.3. The SMILES string of the molecule is CC(C)OC(=O)c1ccc(CCN2C(=O)OCC[C@@H]2CC[C@@H](O)C(F)(F)c2cccc(Br)c2)cc1. The van der Waals surface area contributed by atoms with Gasteiger partial charge in [-0.2, -0.15) is 8.78 Å². The molecule has 0 unspecified atom stereocenters. The number of benzene rings is 2. The third-order valence-corrected chi connectivity index (χ3v) is 6.42. The van der Waals surface area contributed by atoms with Gasteiger partial charge in [-0.25, -0.2) is 9.59 Å². The van der Waals surface area contributed by atoms with Crippen molar-refractivity contribution >= 4 is 28.0 Å². The summed E-state index contributed by atoms with van der Waals surface area (Å²) in [4.78, 5) is 25.9. The standard InChI is InChI=1S/C26H30BrF2NO5/c1-17(2)35-24(32)19-8-6-18(7-9-19)12-14-30-22(13-15-34-25(30)33)10-11-23(31)26(28,29)20-4-3-5-21(27)16-20/h3-9,16-17,22-23,31H,10-15H2,1-2H3/t22-,23+/m0/s1. The maximum atomic E-state index is 14.8. The van der Waals surface area contributed by atoms with Crippen molar-refractivity contribution in [3.63, 3.8) is 0 Å². The van der Waals surface area contributed by atoms with Crippen LogP contribution in [0.5, 0.6) is 0 Å². The lowest BCUT2D eigenvalue weighted by molar-refractivity contribution is -0.120. The van der Waals surface area contributed by atoms with Crippen molar-refractivity contribution in [1.82, 2.24) is 4.90 Å². The highest BCUT2D eigenvalue weighted by molar-refractivity contribution is 9.10. The number of hydrogen-bond acceptors (Lipinski definition) is 5. The number of nitrogens with zero attached hydrogens (tertiary/aromatic N) is 1. The molecule has 0 saturated carbocycles. The Kier molecular flexibility index (Phi) is 9.24. The number of rotatable bonds is 10. The van der Waals surface area contributed by atoms with Crippen LogP contribution in [0.4, 0.5) is 13.6 Å². The molecule has 6 nitrogen and oxygen atoms in total. The number of carbonyl (C=O) groups is 2. The van der Waals surface area contributed by atoms with Gasteiger partial charge >= 0.3 is 12.1 Å². The van der Waals surface area contributed by atoms with E-state index >= 15 is 0 Å². The van der Waals surface area contributed by atoms with E-state index in [0.29, 0.717) is 29.4 Å². The summed E-state index contributed by atoms with van der Waals surface area (Å²) in [7, 11) is 0. The quantitative estimate of drug-likeness (QED) is 0.382. The van der Waals surface area contributed by atoms with Gasteiger partial charge in [0, 0.05) is 29.0 Å². The minimum atomic E-state index is -3.41. The maximum Gasteiger partial charge on any atom is 0.410 e. The molecule has 0 spiro atoms. The fraction of sp³-hybridized carbons (Fsp3) is 0.462. The molecule has 2 aromatic carbocycles. The Morgan fingerprint density at radius 3 is 2.63 bits per heavy atom. The Bertz CT molecular complexity index is 1020. The van der Waals surface area contributed by atoms with Crippen molar-refractivity contribution in [3.8, 4) is 0 Å².